The van der Waals surface area contributed by atoms with Crippen LogP contribution < -0.4 is 10.6 Å². The third-order valence-corrected chi connectivity index (χ3v) is 3.82. The van der Waals surface area contributed by atoms with Gasteiger partial charge in [0, 0.05) is 24.9 Å². The molecule has 116 valence electrons. The largest absolute Gasteiger partial charge is 0.385 e. The molecule has 4 heteroatoms. The predicted octanol–water partition coefficient (Wildman–Crippen LogP) is 3.11. The third-order valence-electron chi connectivity index (χ3n) is 3.82. The summed E-state index contributed by atoms with van der Waals surface area (Å²) >= 11 is 0. The number of carbonyl (C=O) groups excluding carboxylic acids is 1. The highest BCUT2D eigenvalue weighted by Gasteiger charge is 2.30. The van der Waals surface area contributed by atoms with Gasteiger partial charge in [-0.3, -0.25) is 4.79 Å². The van der Waals surface area contributed by atoms with Crippen LogP contribution in [-0.4, -0.2) is 30.7 Å². The predicted molar refractivity (Wildman–Crippen MR) is 85.9 cm³/mol. The zero-order valence-electron chi connectivity index (χ0n) is 13.5. The van der Waals surface area contributed by atoms with Crippen LogP contribution in [0, 0.1) is 6.92 Å². The molecule has 1 amide bonds. The number of aryl methyl sites for hydroxylation is 1. The second-order valence-corrected chi connectivity index (χ2v) is 6.35. The van der Waals surface area contributed by atoms with Crippen LogP contribution in [0.25, 0.3) is 0 Å². The Balaban J connectivity index is 2.11. The van der Waals surface area contributed by atoms with Gasteiger partial charge in [-0.15, -0.1) is 0 Å². The number of ether oxygens (including phenoxy) is 1. The maximum Gasteiger partial charge on any atom is 0.253 e. The van der Waals surface area contributed by atoms with E-state index in [1.165, 1.54) is 0 Å². The average Bonchev–Trinajstić information content (AvgIpc) is 2.40. The van der Waals surface area contributed by atoms with Crippen molar-refractivity contribution in [2.45, 2.75) is 52.2 Å². The van der Waals surface area contributed by atoms with Crippen LogP contribution in [0.5, 0.6) is 0 Å². The van der Waals surface area contributed by atoms with Gasteiger partial charge in [-0.1, -0.05) is 11.6 Å². The van der Waals surface area contributed by atoms with Gasteiger partial charge in [-0.2, -0.15) is 0 Å². The quantitative estimate of drug-likeness (QED) is 0.896. The average molecular weight is 290 g/mol. The first kappa shape index (κ1) is 15.8. The number of amides is 1. The van der Waals surface area contributed by atoms with E-state index in [4.69, 9.17) is 4.74 Å². The van der Waals surface area contributed by atoms with Crippen LogP contribution in [-0.2, 0) is 4.74 Å². The molecule has 1 atom stereocenters. The lowest BCUT2D eigenvalue weighted by molar-refractivity contribution is -0.0615. The van der Waals surface area contributed by atoms with Gasteiger partial charge >= 0.3 is 0 Å². The standard InChI is InChI=1S/C17H26N2O2/c1-5-18-15-7-6-12(2)10-14(15)16(20)19-13-8-9-21-17(3,4)11-13/h6-7,10,13,18H,5,8-9,11H2,1-4H3,(H,19,20). The molecule has 0 aliphatic carbocycles. The van der Waals surface area contributed by atoms with E-state index in [9.17, 15) is 4.79 Å². The van der Waals surface area contributed by atoms with E-state index < -0.39 is 0 Å². The van der Waals surface area contributed by atoms with Crippen molar-refractivity contribution in [1.82, 2.24) is 5.32 Å². The molecule has 0 radical (unpaired) electrons. The Morgan fingerprint density at radius 2 is 2.19 bits per heavy atom. The van der Waals surface area contributed by atoms with Gasteiger partial charge in [0.15, 0.2) is 0 Å². The number of hydrogen-bond acceptors (Lipinski definition) is 3. The Hall–Kier alpha value is -1.55. The van der Waals surface area contributed by atoms with Crippen LogP contribution in [0.3, 0.4) is 0 Å². The highest BCUT2D eigenvalue weighted by atomic mass is 16.5. The molecule has 1 aliphatic rings. The monoisotopic (exact) mass is 290 g/mol. The second kappa shape index (κ2) is 6.48. The Kier molecular flexibility index (Phi) is 4.88. The first-order valence-electron chi connectivity index (χ1n) is 7.70. The molecular formula is C17H26N2O2. The van der Waals surface area contributed by atoms with E-state index in [1.54, 1.807) is 0 Å². The molecule has 0 aromatic heterocycles. The molecule has 1 fully saturated rings. The Bertz CT molecular complexity index is 512. The van der Waals surface area contributed by atoms with Crippen molar-refractivity contribution in [1.29, 1.82) is 0 Å². The van der Waals surface area contributed by atoms with E-state index in [1.807, 2.05) is 32.0 Å². The van der Waals surface area contributed by atoms with Crippen molar-refractivity contribution in [3.8, 4) is 0 Å². The molecule has 1 aromatic carbocycles. The summed E-state index contributed by atoms with van der Waals surface area (Å²) in [5.74, 6) is -0.00245. The summed E-state index contributed by atoms with van der Waals surface area (Å²) in [6.45, 7) is 9.68. The van der Waals surface area contributed by atoms with Gasteiger partial charge in [-0.25, -0.2) is 0 Å². The number of benzene rings is 1. The fourth-order valence-electron chi connectivity index (χ4n) is 2.81. The van der Waals surface area contributed by atoms with Gasteiger partial charge < -0.3 is 15.4 Å². The summed E-state index contributed by atoms with van der Waals surface area (Å²) < 4.78 is 5.70. The first-order chi connectivity index (χ1) is 9.91. The molecule has 1 aromatic rings. The highest BCUT2D eigenvalue weighted by Crippen LogP contribution is 2.25. The molecule has 0 bridgehead atoms. The number of nitrogens with one attached hydrogen (secondary N) is 2. The Morgan fingerprint density at radius 1 is 1.43 bits per heavy atom. The van der Waals surface area contributed by atoms with E-state index in [0.29, 0.717) is 6.61 Å². The van der Waals surface area contributed by atoms with Crippen molar-refractivity contribution in [2.24, 2.45) is 0 Å². The number of hydrogen-bond donors (Lipinski definition) is 2. The van der Waals surface area contributed by atoms with Crippen LogP contribution in [0.2, 0.25) is 0 Å². The van der Waals surface area contributed by atoms with E-state index >= 15 is 0 Å². The topological polar surface area (TPSA) is 50.4 Å². The molecule has 1 unspecified atom stereocenters. The smallest absolute Gasteiger partial charge is 0.253 e. The molecule has 0 spiro atoms. The van der Waals surface area contributed by atoms with E-state index in [-0.39, 0.29) is 17.6 Å². The second-order valence-electron chi connectivity index (χ2n) is 6.35. The first-order valence-corrected chi connectivity index (χ1v) is 7.70. The lowest BCUT2D eigenvalue weighted by Gasteiger charge is -2.35. The zero-order valence-corrected chi connectivity index (χ0v) is 13.5. The van der Waals surface area contributed by atoms with Crippen molar-refractivity contribution >= 4 is 11.6 Å². The molecule has 1 heterocycles. The van der Waals surface area contributed by atoms with Crippen molar-refractivity contribution in [3.63, 3.8) is 0 Å². The van der Waals surface area contributed by atoms with Crippen LogP contribution in [0.15, 0.2) is 18.2 Å². The molecule has 1 saturated heterocycles. The van der Waals surface area contributed by atoms with E-state index in [2.05, 4.69) is 24.5 Å². The van der Waals surface area contributed by atoms with Gasteiger partial charge in [0.1, 0.15) is 0 Å². The van der Waals surface area contributed by atoms with Crippen molar-refractivity contribution in [3.05, 3.63) is 29.3 Å². The van der Waals surface area contributed by atoms with Gasteiger partial charge in [-0.05, 0) is 52.7 Å². The molecule has 0 saturated carbocycles. The Morgan fingerprint density at radius 3 is 2.86 bits per heavy atom. The Labute approximate surface area is 127 Å². The summed E-state index contributed by atoms with van der Waals surface area (Å²) in [6, 6.07) is 6.11. The zero-order chi connectivity index (χ0) is 15.5. The minimum atomic E-state index is -0.159. The number of rotatable bonds is 4. The van der Waals surface area contributed by atoms with Crippen molar-refractivity contribution in [2.75, 3.05) is 18.5 Å². The molecule has 2 N–H and O–H groups in total. The third kappa shape index (κ3) is 4.21. The lowest BCUT2D eigenvalue weighted by Crippen LogP contribution is -2.45. The molecule has 4 nitrogen and oxygen atoms in total. The van der Waals surface area contributed by atoms with Gasteiger partial charge in [0.25, 0.3) is 5.91 Å². The highest BCUT2D eigenvalue weighted by molar-refractivity contribution is 6.00. The molecule has 2 rings (SSSR count). The molecule has 1 aliphatic heterocycles. The van der Waals surface area contributed by atoms with Crippen LogP contribution in [0.1, 0.15) is 49.5 Å². The molecular weight excluding hydrogens is 264 g/mol. The normalized spacial score (nSPS) is 20.9. The van der Waals surface area contributed by atoms with E-state index in [0.717, 1.165) is 36.2 Å². The van der Waals surface area contributed by atoms with Crippen LogP contribution >= 0.6 is 0 Å². The minimum Gasteiger partial charge on any atom is -0.385 e. The summed E-state index contributed by atoms with van der Waals surface area (Å²) in [4.78, 5) is 12.6. The number of carbonyl (C=O) groups is 1. The summed E-state index contributed by atoms with van der Waals surface area (Å²) in [5, 5.41) is 6.41. The minimum absolute atomic E-state index is 0.00245. The van der Waals surface area contributed by atoms with Crippen LogP contribution in [0.4, 0.5) is 5.69 Å². The molecule has 21 heavy (non-hydrogen) atoms. The maximum absolute atomic E-state index is 12.6. The number of anilines is 1. The summed E-state index contributed by atoms with van der Waals surface area (Å²) in [5.41, 5.74) is 2.55. The SMILES string of the molecule is CCNc1ccc(C)cc1C(=O)NC1CCOC(C)(C)C1. The fraction of sp³-hybridized carbons (Fsp3) is 0.588. The fourth-order valence-corrected chi connectivity index (χ4v) is 2.81. The van der Waals surface area contributed by atoms with Gasteiger partial charge in [0.05, 0.1) is 11.2 Å². The lowest BCUT2D eigenvalue weighted by atomic mass is 9.93. The van der Waals surface area contributed by atoms with Gasteiger partial charge in [0.2, 0.25) is 0 Å². The van der Waals surface area contributed by atoms with Crippen molar-refractivity contribution < 1.29 is 9.53 Å². The maximum atomic E-state index is 12.6. The summed E-state index contributed by atoms with van der Waals surface area (Å²) in [6.07, 6.45) is 1.72. The summed E-state index contributed by atoms with van der Waals surface area (Å²) in [7, 11) is 0.